The van der Waals surface area contributed by atoms with Gasteiger partial charge in [-0.2, -0.15) is 0 Å². The molecule has 0 atom stereocenters. The van der Waals surface area contributed by atoms with E-state index in [4.69, 9.17) is 11.6 Å². The quantitative estimate of drug-likeness (QED) is 0.584. The van der Waals surface area contributed by atoms with E-state index in [0.717, 1.165) is 41.8 Å². The standard InChI is InChI=1S/C22H21ClN2OS/c23-19-6-3-7-20(15-19)24-10-12-25(13-11-24)22(26)16-27-21-9-8-17-4-1-2-5-18(17)14-21/h1-9,14-15H,10-13,16H2. The highest BCUT2D eigenvalue weighted by Crippen LogP contribution is 2.25. The number of piperazine rings is 1. The van der Waals surface area contributed by atoms with Crippen molar-refractivity contribution in [2.24, 2.45) is 0 Å². The predicted octanol–water partition coefficient (Wildman–Crippen LogP) is 4.93. The van der Waals surface area contributed by atoms with Crippen LogP contribution in [-0.4, -0.2) is 42.7 Å². The Bertz CT molecular complexity index is 954. The number of amides is 1. The maximum atomic E-state index is 12.6. The number of hydrogen-bond donors (Lipinski definition) is 0. The first-order chi connectivity index (χ1) is 13.2. The number of fused-ring (bicyclic) bond motifs is 1. The Morgan fingerprint density at radius 1 is 0.889 bits per heavy atom. The van der Waals surface area contributed by atoms with Gasteiger partial charge in [0.25, 0.3) is 0 Å². The van der Waals surface area contributed by atoms with Gasteiger partial charge in [-0.05, 0) is 41.1 Å². The summed E-state index contributed by atoms with van der Waals surface area (Å²) in [5.74, 6) is 0.689. The second-order valence-electron chi connectivity index (χ2n) is 6.65. The van der Waals surface area contributed by atoms with E-state index < -0.39 is 0 Å². The molecule has 1 aliphatic heterocycles. The highest BCUT2D eigenvalue weighted by molar-refractivity contribution is 8.00. The number of anilines is 1. The second-order valence-corrected chi connectivity index (χ2v) is 8.13. The average Bonchev–Trinajstić information content (AvgIpc) is 2.72. The van der Waals surface area contributed by atoms with Crippen molar-refractivity contribution in [2.45, 2.75) is 4.90 Å². The van der Waals surface area contributed by atoms with Crippen LogP contribution in [0.15, 0.2) is 71.6 Å². The van der Waals surface area contributed by atoms with Crippen LogP contribution in [0.3, 0.4) is 0 Å². The first-order valence-electron chi connectivity index (χ1n) is 9.09. The molecule has 0 radical (unpaired) electrons. The molecule has 0 N–H and O–H groups in total. The van der Waals surface area contributed by atoms with Gasteiger partial charge >= 0.3 is 0 Å². The smallest absolute Gasteiger partial charge is 0.233 e. The van der Waals surface area contributed by atoms with Crippen molar-refractivity contribution >= 4 is 45.7 Å². The van der Waals surface area contributed by atoms with Crippen LogP contribution >= 0.6 is 23.4 Å². The van der Waals surface area contributed by atoms with Gasteiger partial charge in [0, 0.05) is 41.8 Å². The Balaban J connectivity index is 1.31. The van der Waals surface area contributed by atoms with Crippen molar-refractivity contribution in [3.8, 4) is 0 Å². The molecule has 0 bridgehead atoms. The van der Waals surface area contributed by atoms with Crippen LogP contribution in [-0.2, 0) is 4.79 Å². The number of hydrogen-bond acceptors (Lipinski definition) is 3. The van der Waals surface area contributed by atoms with Gasteiger partial charge in [-0.3, -0.25) is 4.79 Å². The second kappa shape index (κ2) is 8.24. The van der Waals surface area contributed by atoms with Crippen molar-refractivity contribution in [1.82, 2.24) is 4.90 Å². The third kappa shape index (κ3) is 4.40. The van der Waals surface area contributed by atoms with Crippen LogP contribution < -0.4 is 4.90 Å². The zero-order valence-electron chi connectivity index (χ0n) is 15.0. The van der Waals surface area contributed by atoms with E-state index in [-0.39, 0.29) is 5.91 Å². The van der Waals surface area contributed by atoms with Crippen LogP contribution in [0.1, 0.15) is 0 Å². The Hall–Kier alpha value is -2.17. The highest BCUT2D eigenvalue weighted by atomic mass is 35.5. The average molecular weight is 397 g/mol. The molecule has 5 heteroatoms. The van der Waals surface area contributed by atoms with Gasteiger partial charge in [0.05, 0.1) is 5.75 Å². The van der Waals surface area contributed by atoms with Crippen LogP contribution in [0.2, 0.25) is 5.02 Å². The molecule has 1 fully saturated rings. The minimum Gasteiger partial charge on any atom is -0.368 e. The van der Waals surface area contributed by atoms with E-state index in [2.05, 4.69) is 41.3 Å². The van der Waals surface area contributed by atoms with E-state index in [1.54, 1.807) is 11.8 Å². The van der Waals surface area contributed by atoms with Crippen molar-refractivity contribution in [1.29, 1.82) is 0 Å². The van der Waals surface area contributed by atoms with Gasteiger partial charge in [0.1, 0.15) is 0 Å². The van der Waals surface area contributed by atoms with Crippen molar-refractivity contribution < 1.29 is 4.79 Å². The molecule has 3 aromatic rings. The maximum Gasteiger partial charge on any atom is 0.233 e. The summed E-state index contributed by atoms with van der Waals surface area (Å²) in [4.78, 5) is 18.0. The van der Waals surface area contributed by atoms with Crippen molar-refractivity contribution in [3.05, 3.63) is 71.8 Å². The largest absolute Gasteiger partial charge is 0.368 e. The molecule has 0 saturated carbocycles. The van der Waals surface area contributed by atoms with E-state index in [9.17, 15) is 4.79 Å². The summed E-state index contributed by atoms with van der Waals surface area (Å²) in [6.45, 7) is 3.19. The minimum atomic E-state index is 0.207. The lowest BCUT2D eigenvalue weighted by atomic mass is 10.1. The summed E-state index contributed by atoms with van der Waals surface area (Å²) in [5, 5.41) is 3.19. The molecule has 1 aliphatic rings. The lowest BCUT2D eigenvalue weighted by Gasteiger charge is -2.36. The van der Waals surface area contributed by atoms with Crippen LogP contribution in [0.4, 0.5) is 5.69 Å². The normalized spacial score (nSPS) is 14.6. The number of rotatable bonds is 4. The number of benzene rings is 3. The summed E-state index contributed by atoms with van der Waals surface area (Å²) in [6.07, 6.45) is 0. The monoisotopic (exact) mass is 396 g/mol. The first kappa shape index (κ1) is 18.2. The maximum absolute atomic E-state index is 12.6. The molecule has 0 aliphatic carbocycles. The topological polar surface area (TPSA) is 23.6 Å². The zero-order valence-corrected chi connectivity index (χ0v) is 16.5. The van der Waals surface area contributed by atoms with Gasteiger partial charge in [0.2, 0.25) is 5.91 Å². The molecule has 138 valence electrons. The van der Waals surface area contributed by atoms with Crippen LogP contribution in [0.25, 0.3) is 10.8 Å². The number of nitrogens with zero attached hydrogens (tertiary/aromatic N) is 2. The minimum absolute atomic E-state index is 0.207. The molecule has 4 rings (SSSR count). The highest BCUT2D eigenvalue weighted by Gasteiger charge is 2.21. The fourth-order valence-corrected chi connectivity index (χ4v) is 4.41. The molecule has 0 unspecified atom stereocenters. The van der Waals surface area contributed by atoms with Gasteiger partial charge in [-0.25, -0.2) is 0 Å². The van der Waals surface area contributed by atoms with Gasteiger partial charge in [0.15, 0.2) is 0 Å². The predicted molar refractivity (Wildman–Crippen MR) is 115 cm³/mol. The summed E-state index contributed by atoms with van der Waals surface area (Å²) < 4.78 is 0. The van der Waals surface area contributed by atoms with Crippen molar-refractivity contribution in [3.63, 3.8) is 0 Å². The van der Waals surface area contributed by atoms with Gasteiger partial charge in [-0.15, -0.1) is 11.8 Å². The van der Waals surface area contributed by atoms with Crippen LogP contribution in [0.5, 0.6) is 0 Å². The third-order valence-electron chi connectivity index (χ3n) is 4.89. The van der Waals surface area contributed by atoms with E-state index in [1.807, 2.05) is 35.2 Å². The zero-order chi connectivity index (χ0) is 18.6. The molecule has 1 heterocycles. The number of carbonyl (C=O) groups is 1. The van der Waals surface area contributed by atoms with E-state index in [1.165, 1.54) is 10.8 Å². The van der Waals surface area contributed by atoms with Crippen molar-refractivity contribution in [2.75, 3.05) is 36.8 Å². The molecule has 27 heavy (non-hydrogen) atoms. The Morgan fingerprint density at radius 3 is 2.44 bits per heavy atom. The molecule has 1 amide bonds. The van der Waals surface area contributed by atoms with Gasteiger partial charge < -0.3 is 9.80 Å². The summed E-state index contributed by atoms with van der Waals surface area (Å²) in [6, 6.07) is 22.6. The lowest BCUT2D eigenvalue weighted by molar-refractivity contribution is -0.128. The fraction of sp³-hybridized carbons (Fsp3) is 0.227. The summed E-state index contributed by atoms with van der Waals surface area (Å²) in [5.41, 5.74) is 1.13. The molecular formula is C22H21ClN2OS. The van der Waals surface area contributed by atoms with E-state index in [0.29, 0.717) is 5.75 Å². The van der Waals surface area contributed by atoms with E-state index >= 15 is 0 Å². The Labute approximate surface area is 168 Å². The molecule has 3 aromatic carbocycles. The molecular weight excluding hydrogens is 376 g/mol. The molecule has 0 aromatic heterocycles. The summed E-state index contributed by atoms with van der Waals surface area (Å²) >= 11 is 7.70. The summed E-state index contributed by atoms with van der Waals surface area (Å²) in [7, 11) is 0. The SMILES string of the molecule is O=C(CSc1ccc2ccccc2c1)N1CCN(c2cccc(Cl)c2)CC1. The number of thioether (sulfide) groups is 1. The van der Waals surface area contributed by atoms with Crippen LogP contribution in [0, 0.1) is 0 Å². The molecule has 0 spiro atoms. The number of carbonyl (C=O) groups excluding carboxylic acids is 1. The Kier molecular flexibility index (Phi) is 5.55. The first-order valence-corrected chi connectivity index (χ1v) is 10.5. The molecule has 3 nitrogen and oxygen atoms in total. The third-order valence-corrected chi connectivity index (χ3v) is 6.10. The van der Waals surface area contributed by atoms with Gasteiger partial charge in [-0.1, -0.05) is 48.0 Å². The fourth-order valence-electron chi connectivity index (χ4n) is 3.38. The number of halogens is 1. The Morgan fingerprint density at radius 2 is 1.67 bits per heavy atom. The molecule has 1 saturated heterocycles. The lowest BCUT2D eigenvalue weighted by Crippen LogP contribution is -2.49.